The third-order valence-electron chi connectivity index (χ3n) is 3.31. The van der Waals surface area contributed by atoms with Gasteiger partial charge in [-0.05, 0) is 37.3 Å². The lowest BCUT2D eigenvalue weighted by atomic mass is 10.2. The van der Waals surface area contributed by atoms with Crippen LogP contribution in [0.1, 0.15) is 12.5 Å². The van der Waals surface area contributed by atoms with E-state index in [2.05, 4.69) is 10.5 Å². The van der Waals surface area contributed by atoms with Crippen molar-refractivity contribution in [2.75, 3.05) is 19.5 Å². The van der Waals surface area contributed by atoms with E-state index >= 15 is 0 Å². The first-order valence-corrected chi connectivity index (χ1v) is 7.89. The summed E-state index contributed by atoms with van der Waals surface area (Å²) in [5, 5.41) is 7.10. The van der Waals surface area contributed by atoms with E-state index in [4.69, 9.17) is 25.9 Å². The molecule has 7 heteroatoms. The van der Waals surface area contributed by atoms with Crippen molar-refractivity contribution in [3.05, 3.63) is 53.1 Å². The molecule has 0 aliphatic rings. The van der Waals surface area contributed by atoms with Gasteiger partial charge in [-0.25, -0.2) is 0 Å². The normalized spacial score (nSPS) is 11.8. The van der Waals surface area contributed by atoms with E-state index in [-0.39, 0.29) is 5.91 Å². The predicted molar refractivity (Wildman–Crippen MR) is 97.8 cm³/mol. The Morgan fingerprint density at radius 2 is 1.96 bits per heavy atom. The van der Waals surface area contributed by atoms with Gasteiger partial charge in [0, 0.05) is 16.3 Å². The van der Waals surface area contributed by atoms with Crippen LogP contribution >= 0.6 is 11.6 Å². The number of methoxy groups -OCH3 is 2. The fourth-order valence-electron chi connectivity index (χ4n) is 2.05. The van der Waals surface area contributed by atoms with Gasteiger partial charge >= 0.3 is 0 Å². The summed E-state index contributed by atoms with van der Waals surface area (Å²) >= 11 is 5.88. The van der Waals surface area contributed by atoms with Crippen LogP contribution in [-0.2, 0) is 9.63 Å². The Bertz CT molecular complexity index is 764. The molecule has 0 bridgehead atoms. The van der Waals surface area contributed by atoms with Crippen molar-refractivity contribution in [2.45, 2.75) is 13.0 Å². The van der Waals surface area contributed by atoms with Gasteiger partial charge in [0.2, 0.25) is 6.10 Å². The van der Waals surface area contributed by atoms with Crippen LogP contribution < -0.4 is 14.8 Å². The minimum absolute atomic E-state index is 0.336. The largest absolute Gasteiger partial charge is 0.493 e. The summed E-state index contributed by atoms with van der Waals surface area (Å²) in [6.07, 6.45) is 0.677. The smallest absolute Gasteiger partial charge is 0.267 e. The number of hydrogen-bond acceptors (Lipinski definition) is 5. The summed E-state index contributed by atoms with van der Waals surface area (Å²) < 4.78 is 10.5. The fraction of sp³-hybridized carbons (Fsp3) is 0.222. The monoisotopic (exact) mass is 362 g/mol. The number of oxime groups is 1. The van der Waals surface area contributed by atoms with Crippen LogP contribution in [-0.4, -0.2) is 32.4 Å². The van der Waals surface area contributed by atoms with Crippen molar-refractivity contribution in [2.24, 2.45) is 5.16 Å². The lowest BCUT2D eigenvalue weighted by molar-refractivity contribution is -0.126. The molecule has 25 heavy (non-hydrogen) atoms. The molecule has 1 atom stereocenters. The van der Waals surface area contributed by atoms with Gasteiger partial charge in [-0.1, -0.05) is 28.9 Å². The van der Waals surface area contributed by atoms with Crippen LogP contribution in [0.4, 0.5) is 5.69 Å². The third-order valence-corrected chi connectivity index (χ3v) is 3.54. The van der Waals surface area contributed by atoms with E-state index in [9.17, 15) is 4.79 Å². The number of nitrogens with one attached hydrogen (secondary N) is 1. The second-order valence-electron chi connectivity index (χ2n) is 5.06. The molecule has 0 spiro atoms. The van der Waals surface area contributed by atoms with Gasteiger partial charge in [-0.15, -0.1) is 0 Å². The maximum Gasteiger partial charge on any atom is 0.267 e. The van der Waals surface area contributed by atoms with Crippen LogP contribution in [0.3, 0.4) is 0 Å². The summed E-state index contributed by atoms with van der Waals surface area (Å²) in [6, 6.07) is 12.2. The van der Waals surface area contributed by atoms with Gasteiger partial charge in [0.25, 0.3) is 5.91 Å². The van der Waals surface area contributed by atoms with Crippen molar-refractivity contribution in [3.8, 4) is 11.5 Å². The summed E-state index contributed by atoms with van der Waals surface area (Å²) in [7, 11) is 3.09. The Hall–Kier alpha value is -2.73. The van der Waals surface area contributed by atoms with Gasteiger partial charge in [0.05, 0.1) is 20.4 Å². The first-order chi connectivity index (χ1) is 12.0. The first kappa shape index (κ1) is 18.6. The van der Waals surface area contributed by atoms with Crippen molar-refractivity contribution < 1.29 is 19.1 Å². The van der Waals surface area contributed by atoms with Gasteiger partial charge in [0.1, 0.15) is 0 Å². The molecule has 132 valence electrons. The average molecular weight is 363 g/mol. The van der Waals surface area contributed by atoms with Crippen LogP contribution in [0.25, 0.3) is 0 Å². The molecule has 6 nitrogen and oxygen atoms in total. The van der Waals surface area contributed by atoms with Crippen molar-refractivity contribution in [1.29, 1.82) is 0 Å². The molecule has 0 radical (unpaired) electrons. The minimum Gasteiger partial charge on any atom is -0.493 e. The molecule has 0 unspecified atom stereocenters. The molecule has 0 aliphatic heterocycles. The highest BCUT2D eigenvalue weighted by atomic mass is 35.5. The molecule has 2 aromatic rings. The molecule has 0 saturated heterocycles. The van der Waals surface area contributed by atoms with Crippen molar-refractivity contribution in [1.82, 2.24) is 0 Å². The molecular formula is C18H19ClN2O4. The van der Waals surface area contributed by atoms with Gasteiger partial charge in [0.15, 0.2) is 11.5 Å². The molecule has 0 heterocycles. The molecule has 2 aromatic carbocycles. The molecule has 1 N–H and O–H groups in total. The molecule has 0 aromatic heterocycles. The van der Waals surface area contributed by atoms with E-state index in [0.29, 0.717) is 27.8 Å². The molecule has 0 saturated carbocycles. The van der Waals surface area contributed by atoms with Gasteiger partial charge < -0.3 is 19.6 Å². The Morgan fingerprint density at radius 3 is 2.64 bits per heavy atom. The number of rotatable bonds is 7. The summed E-state index contributed by atoms with van der Waals surface area (Å²) in [6.45, 7) is 1.60. The number of nitrogens with zero attached hydrogens (tertiary/aromatic N) is 1. The second-order valence-corrected chi connectivity index (χ2v) is 5.50. The number of para-hydroxylation sites is 1. The lowest BCUT2D eigenvalue weighted by Gasteiger charge is -2.11. The Kier molecular flexibility index (Phi) is 6.65. The molecule has 0 fully saturated rings. The van der Waals surface area contributed by atoms with E-state index in [1.54, 1.807) is 56.5 Å². The fourth-order valence-corrected chi connectivity index (χ4v) is 2.24. The Labute approximate surface area is 151 Å². The second kappa shape index (κ2) is 8.94. The predicted octanol–water partition coefficient (Wildman–Crippen LogP) is 3.73. The van der Waals surface area contributed by atoms with Crippen LogP contribution in [0.5, 0.6) is 11.5 Å². The van der Waals surface area contributed by atoms with Gasteiger partial charge in [-0.2, -0.15) is 0 Å². The van der Waals surface area contributed by atoms with Crippen molar-refractivity contribution >= 4 is 29.4 Å². The average Bonchev–Trinajstić information content (AvgIpc) is 2.61. The zero-order valence-electron chi connectivity index (χ0n) is 14.2. The maximum atomic E-state index is 12.1. The quantitative estimate of drug-likeness (QED) is 0.601. The molecule has 2 rings (SSSR count). The standard InChI is InChI=1S/C18H19ClN2O4/c1-12(18(22)21-15-8-5-7-14(19)10-15)25-20-11-13-6-4-9-16(23-2)17(13)24-3/h4-12H,1-3H3,(H,21,22)/b20-11-/t12-/m1/s1. The van der Waals surface area contributed by atoms with E-state index in [1.807, 2.05) is 0 Å². The van der Waals surface area contributed by atoms with Crippen molar-refractivity contribution in [3.63, 3.8) is 0 Å². The summed E-state index contributed by atoms with van der Waals surface area (Å²) in [5.41, 5.74) is 1.26. The number of ether oxygens (including phenoxy) is 2. The molecule has 1 amide bonds. The number of amides is 1. The van der Waals surface area contributed by atoms with E-state index in [0.717, 1.165) is 0 Å². The van der Waals surface area contributed by atoms with Gasteiger partial charge in [-0.3, -0.25) is 4.79 Å². The minimum atomic E-state index is -0.785. The summed E-state index contributed by atoms with van der Waals surface area (Å²) in [5.74, 6) is 0.781. The highest BCUT2D eigenvalue weighted by molar-refractivity contribution is 6.30. The Balaban J connectivity index is 1.98. The molecular weight excluding hydrogens is 344 g/mol. The number of carbonyl (C=O) groups is 1. The zero-order chi connectivity index (χ0) is 18.2. The number of hydrogen-bond donors (Lipinski definition) is 1. The highest BCUT2D eigenvalue weighted by Crippen LogP contribution is 2.29. The number of anilines is 1. The molecule has 0 aliphatic carbocycles. The number of carbonyl (C=O) groups excluding carboxylic acids is 1. The Morgan fingerprint density at radius 1 is 1.20 bits per heavy atom. The van der Waals surface area contributed by atoms with Crippen LogP contribution in [0.2, 0.25) is 5.02 Å². The topological polar surface area (TPSA) is 69.2 Å². The van der Waals surface area contributed by atoms with Crippen LogP contribution in [0.15, 0.2) is 47.6 Å². The summed E-state index contributed by atoms with van der Waals surface area (Å²) in [4.78, 5) is 17.3. The third kappa shape index (κ3) is 5.12. The first-order valence-electron chi connectivity index (χ1n) is 7.51. The number of halogens is 1. The SMILES string of the molecule is COc1cccc(/C=N\O[C@H](C)C(=O)Nc2cccc(Cl)c2)c1OC. The van der Waals surface area contributed by atoms with Crippen LogP contribution in [0, 0.1) is 0 Å². The zero-order valence-corrected chi connectivity index (χ0v) is 14.9. The van der Waals surface area contributed by atoms with E-state index in [1.165, 1.54) is 13.3 Å². The van der Waals surface area contributed by atoms with E-state index < -0.39 is 6.10 Å². The number of benzene rings is 2. The maximum absolute atomic E-state index is 12.1. The lowest BCUT2D eigenvalue weighted by Crippen LogP contribution is -2.26. The highest BCUT2D eigenvalue weighted by Gasteiger charge is 2.14.